The van der Waals surface area contributed by atoms with Gasteiger partial charge < -0.3 is 20.7 Å². The second kappa shape index (κ2) is 8.31. The summed E-state index contributed by atoms with van der Waals surface area (Å²) in [6.45, 7) is 0.508. The Balaban J connectivity index is 1.98. The molecule has 2 rings (SSSR count). The number of ether oxygens (including phenoxy) is 1. The smallest absolute Gasteiger partial charge is 0.226 e. The normalized spacial score (nSPS) is 12.0. The topological polar surface area (TPSA) is 80.5 Å². The molecule has 0 spiro atoms. The third-order valence-corrected chi connectivity index (χ3v) is 3.78. The molecule has 1 atom stereocenters. The number of nitrogen functional groups attached to an aromatic ring is 1. The maximum absolute atomic E-state index is 12.2. The van der Waals surface area contributed by atoms with Crippen molar-refractivity contribution in [2.45, 2.75) is 12.5 Å². The standard InChI is InChI=1S/C18H24N4O2/c1-22(2)17(13-5-4-6-16(9-13)24-3)12-21-18(23)10-15-8-7-14(19)11-20-15/h4-9,11,17H,10,12,19H2,1-3H3,(H,21,23). The van der Waals surface area contributed by atoms with E-state index < -0.39 is 0 Å². The molecule has 3 N–H and O–H groups in total. The molecule has 0 saturated heterocycles. The molecule has 0 aliphatic heterocycles. The summed E-state index contributed by atoms with van der Waals surface area (Å²) in [6.07, 6.45) is 1.79. The van der Waals surface area contributed by atoms with E-state index >= 15 is 0 Å². The Bertz CT molecular complexity index is 671. The van der Waals surface area contributed by atoms with Crippen molar-refractivity contribution in [3.63, 3.8) is 0 Å². The predicted molar refractivity (Wildman–Crippen MR) is 94.8 cm³/mol. The second-order valence-corrected chi connectivity index (χ2v) is 5.82. The summed E-state index contributed by atoms with van der Waals surface area (Å²) >= 11 is 0. The molecule has 0 aliphatic rings. The quantitative estimate of drug-likeness (QED) is 0.807. The van der Waals surface area contributed by atoms with Gasteiger partial charge in [-0.1, -0.05) is 12.1 Å². The lowest BCUT2D eigenvalue weighted by atomic mass is 10.1. The highest BCUT2D eigenvalue weighted by Gasteiger charge is 2.16. The average molecular weight is 328 g/mol. The molecule has 0 radical (unpaired) electrons. The first-order valence-corrected chi connectivity index (χ1v) is 7.77. The molecular weight excluding hydrogens is 304 g/mol. The fourth-order valence-corrected chi connectivity index (χ4v) is 2.43. The first-order chi connectivity index (χ1) is 11.5. The number of amides is 1. The van der Waals surface area contributed by atoms with Gasteiger partial charge in [0.25, 0.3) is 0 Å². The molecule has 0 fully saturated rings. The Labute approximate surface area is 142 Å². The maximum Gasteiger partial charge on any atom is 0.226 e. The number of benzene rings is 1. The molecular formula is C18H24N4O2. The van der Waals surface area contributed by atoms with Gasteiger partial charge in [-0.3, -0.25) is 9.78 Å². The molecule has 128 valence electrons. The highest BCUT2D eigenvalue weighted by molar-refractivity contribution is 5.78. The van der Waals surface area contributed by atoms with Crippen LogP contribution < -0.4 is 15.8 Å². The molecule has 1 aromatic heterocycles. The van der Waals surface area contributed by atoms with E-state index in [0.717, 1.165) is 11.3 Å². The van der Waals surface area contributed by atoms with E-state index in [1.807, 2.05) is 38.4 Å². The number of aromatic nitrogens is 1. The Hall–Kier alpha value is -2.60. The number of pyridine rings is 1. The van der Waals surface area contributed by atoms with Gasteiger partial charge in [0.15, 0.2) is 0 Å². The third-order valence-electron chi connectivity index (χ3n) is 3.78. The van der Waals surface area contributed by atoms with Crippen LogP contribution in [0.1, 0.15) is 17.3 Å². The van der Waals surface area contributed by atoms with Gasteiger partial charge in [-0.25, -0.2) is 0 Å². The van der Waals surface area contributed by atoms with Crippen LogP contribution in [0.3, 0.4) is 0 Å². The Morgan fingerprint density at radius 3 is 2.75 bits per heavy atom. The molecule has 1 amide bonds. The number of likely N-dealkylation sites (N-methyl/N-ethyl adjacent to an activating group) is 1. The van der Waals surface area contributed by atoms with E-state index in [2.05, 4.69) is 15.2 Å². The summed E-state index contributed by atoms with van der Waals surface area (Å²) < 4.78 is 5.27. The minimum absolute atomic E-state index is 0.0587. The molecule has 2 aromatic rings. The zero-order valence-electron chi connectivity index (χ0n) is 14.3. The van der Waals surface area contributed by atoms with E-state index in [1.165, 1.54) is 0 Å². The van der Waals surface area contributed by atoms with Gasteiger partial charge >= 0.3 is 0 Å². The summed E-state index contributed by atoms with van der Waals surface area (Å²) in [5.41, 5.74) is 7.97. The highest BCUT2D eigenvalue weighted by Crippen LogP contribution is 2.22. The van der Waals surface area contributed by atoms with Crippen LogP contribution in [0.15, 0.2) is 42.6 Å². The van der Waals surface area contributed by atoms with Crippen molar-refractivity contribution in [2.75, 3.05) is 33.5 Å². The Morgan fingerprint density at radius 1 is 1.33 bits per heavy atom. The summed E-state index contributed by atoms with van der Waals surface area (Å²) in [4.78, 5) is 18.4. The molecule has 1 aromatic carbocycles. The van der Waals surface area contributed by atoms with E-state index in [1.54, 1.807) is 25.4 Å². The molecule has 1 unspecified atom stereocenters. The number of nitrogens with zero attached hydrogens (tertiary/aromatic N) is 2. The number of nitrogens with two attached hydrogens (primary N) is 1. The number of hydrogen-bond donors (Lipinski definition) is 2. The van der Waals surface area contributed by atoms with Crippen LogP contribution in [-0.2, 0) is 11.2 Å². The lowest BCUT2D eigenvalue weighted by Gasteiger charge is -2.25. The van der Waals surface area contributed by atoms with Crippen LogP contribution in [0, 0.1) is 0 Å². The number of rotatable bonds is 7. The van der Waals surface area contributed by atoms with Gasteiger partial charge in [-0.05, 0) is 43.9 Å². The van der Waals surface area contributed by atoms with E-state index in [0.29, 0.717) is 17.9 Å². The number of carbonyl (C=O) groups excluding carboxylic acids is 1. The minimum atomic E-state index is -0.0676. The van der Waals surface area contributed by atoms with Crippen molar-refractivity contribution in [2.24, 2.45) is 0 Å². The fraction of sp³-hybridized carbons (Fsp3) is 0.333. The van der Waals surface area contributed by atoms with Crippen molar-refractivity contribution < 1.29 is 9.53 Å². The van der Waals surface area contributed by atoms with E-state index in [-0.39, 0.29) is 18.4 Å². The predicted octanol–water partition coefficient (Wildman–Crippen LogP) is 1.63. The maximum atomic E-state index is 12.2. The summed E-state index contributed by atoms with van der Waals surface area (Å²) in [5, 5.41) is 2.97. The molecule has 6 nitrogen and oxygen atoms in total. The lowest BCUT2D eigenvalue weighted by molar-refractivity contribution is -0.120. The lowest BCUT2D eigenvalue weighted by Crippen LogP contribution is -2.35. The summed E-state index contributed by atoms with van der Waals surface area (Å²) in [7, 11) is 5.61. The van der Waals surface area contributed by atoms with Crippen LogP contribution in [0.2, 0.25) is 0 Å². The second-order valence-electron chi connectivity index (χ2n) is 5.82. The van der Waals surface area contributed by atoms with Gasteiger partial charge in [-0.15, -0.1) is 0 Å². The van der Waals surface area contributed by atoms with Crippen LogP contribution in [0.5, 0.6) is 5.75 Å². The van der Waals surface area contributed by atoms with Crippen molar-refractivity contribution in [3.05, 3.63) is 53.9 Å². The SMILES string of the molecule is COc1cccc(C(CNC(=O)Cc2ccc(N)cn2)N(C)C)c1. The zero-order valence-corrected chi connectivity index (χ0v) is 14.3. The van der Waals surface area contributed by atoms with E-state index in [9.17, 15) is 4.79 Å². The first-order valence-electron chi connectivity index (χ1n) is 7.77. The average Bonchev–Trinajstić information content (AvgIpc) is 2.57. The fourth-order valence-electron chi connectivity index (χ4n) is 2.43. The van der Waals surface area contributed by atoms with Gasteiger partial charge in [-0.2, -0.15) is 0 Å². The van der Waals surface area contributed by atoms with Crippen molar-refractivity contribution in [1.29, 1.82) is 0 Å². The van der Waals surface area contributed by atoms with Gasteiger partial charge in [0, 0.05) is 12.2 Å². The first kappa shape index (κ1) is 17.7. The molecule has 0 saturated carbocycles. The van der Waals surface area contributed by atoms with E-state index in [4.69, 9.17) is 10.5 Å². The molecule has 0 aliphatic carbocycles. The van der Waals surface area contributed by atoms with Gasteiger partial charge in [0.2, 0.25) is 5.91 Å². The number of methoxy groups -OCH3 is 1. The Morgan fingerprint density at radius 2 is 2.12 bits per heavy atom. The van der Waals surface area contributed by atoms with Crippen LogP contribution in [0.4, 0.5) is 5.69 Å². The van der Waals surface area contributed by atoms with Gasteiger partial charge in [0.05, 0.1) is 31.5 Å². The molecule has 24 heavy (non-hydrogen) atoms. The highest BCUT2D eigenvalue weighted by atomic mass is 16.5. The van der Waals surface area contributed by atoms with Crippen LogP contribution in [-0.4, -0.2) is 43.5 Å². The minimum Gasteiger partial charge on any atom is -0.497 e. The van der Waals surface area contributed by atoms with Crippen molar-refractivity contribution in [3.8, 4) is 5.75 Å². The van der Waals surface area contributed by atoms with Gasteiger partial charge in [0.1, 0.15) is 5.75 Å². The van der Waals surface area contributed by atoms with Crippen LogP contribution in [0.25, 0.3) is 0 Å². The molecule has 6 heteroatoms. The zero-order chi connectivity index (χ0) is 17.5. The number of anilines is 1. The number of hydrogen-bond acceptors (Lipinski definition) is 5. The summed E-state index contributed by atoms with van der Waals surface area (Å²) in [5.74, 6) is 0.735. The monoisotopic (exact) mass is 328 g/mol. The Kier molecular flexibility index (Phi) is 6.14. The molecule has 0 bridgehead atoms. The van der Waals surface area contributed by atoms with Crippen molar-refractivity contribution >= 4 is 11.6 Å². The third kappa shape index (κ3) is 4.96. The molecule has 1 heterocycles. The van der Waals surface area contributed by atoms with Crippen molar-refractivity contribution in [1.82, 2.24) is 15.2 Å². The number of nitrogens with one attached hydrogen (secondary N) is 1. The van der Waals surface area contributed by atoms with Crippen LogP contribution >= 0.6 is 0 Å². The summed E-state index contributed by atoms with van der Waals surface area (Å²) in [6, 6.07) is 11.4. The largest absolute Gasteiger partial charge is 0.497 e. The number of carbonyl (C=O) groups is 1.